The molecule has 2 fully saturated rings. The summed E-state index contributed by atoms with van der Waals surface area (Å²) in [6.07, 6.45) is 7.61. The van der Waals surface area contributed by atoms with E-state index in [4.69, 9.17) is 19.3 Å². The van der Waals surface area contributed by atoms with Gasteiger partial charge in [-0.15, -0.1) is 5.10 Å². The van der Waals surface area contributed by atoms with Gasteiger partial charge >= 0.3 is 0 Å². The lowest BCUT2D eigenvalue weighted by Gasteiger charge is -2.35. The SMILES string of the molecule is COC[C@H](C)Nc1ncc2c(-c3ccnc(C)c3)cc(C3CCC4(CC3)OCCO4)n2n1. The van der Waals surface area contributed by atoms with Crippen molar-refractivity contribution >= 4 is 11.5 Å². The van der Waals surface area contributed by atoms with Crippen LogP contribution in [-0.2, 0) is 14.2 Å². The lowest BCUT2D eigenvalue weighted by atomic mass is 9.83. The third kappa shape index (κ3) is 4.10. The minimum Gasteiger partial charge on any atom is -0.383 e. The first kappa shape index (κ1) is 21.3. The third-order valence-corrected chi connectivity index (χ3v) is 6.52. The highest BCUT2D eigenvalue weighted by Gasteiger charge is 2.41. The van der Waals surface area contributed by atoms with Gasteiger partial charge < -0.3 is 19.5 Å². The highest BCUT2D eigenvalue weighted by molar-refractivity contribution is 5.81. The van der Waals surface area contributed by atoms with Gasteiger partial charge in [0, 0.05) is 55.1 Å². The molecule has 3 aromatic rings. The maximum atomic E-state index is 5.94. The fraction of sp³-hybridized carbons (Fsp3) is 0.542. The fourth-order valence-electron chi connectivity index (χ4n) is 4.97. The number of fused-ring (bicyclic) bond motifs is 1. The first-order valence-corrected chi connectivity index (χ1v) is 11.4. The largest absolute Gasteiger partial charge is 0.383 e. The maximum Gasteiger partial charge on any atom is 0.241 e. The van der Waals surface area contributed by atoms with Crippen molar-refractivity contribution in [3.05, 3.63) is 42.0 Å². The van der Waals surface area contributed by atoms with Crippen LogP contribution in [-0.4, -0.2) is 58.3 Å². The minimum atomic E-state index is -0.369. The predicted molar refractivity (Wildman–Crippen MR) is 122 cm³/mol. The van der Waals surface area contributed by atoms with Gasteiger partial charge in [0.1, 0.15) is 0 Å². The number of aryl methyl sites for hydroxylation is 1. The van der Waals surface area contributed by atoms with Crippen molar-refractivity contribution in [2.24, 2.45) is 0 Å². The Kier molecular flexibility index (Phi) is 5.84. The molecule has 1 spiro atoms. The van der Waals surface area contributed by atoms with Crippen molar-refractivity contribution in [1.82, 2.24) is 19.6 Å². The Balaban J connectivity index is 1.52. The molecular weight excluding hydrogens is 406 g/mol. The average molecular weight is 438 g/mol. The van der Waals surface area contributed by atoms with Crippen LogP contribution < -0.4 is 5.32 Å². The van der Waals surface area contributed by atoms with Crippen LogP contribution in [0.3, 0.4) is 0 Å². The molecule has 0 radical (unpaired) electrons. The standard InChI is InChI=1S/C24H31N5O3/c1-16-12-19(6-9-25-16)20-13-21(18-4-7-24(8-5-18)31-10-11-32-24)29-22(20)14-26-23(28-29)27-17(2)15-30-3/h6,9,12-14,17-18H,4-5,7-8,10-11,15H2,1-3H3,(H,27,28)/t17-/m0/s1. The molecule has 0 unspecified atom stereocenters. The van der Waals surface area contributed by atoms with Gasteiger partial charge in [-0.05, 0) is 50.5 Å². The number of aromatic nitrogens is 4. The Bertz CT molecular complexity index is 1080. The second-order valence-corrected chi connectivity index (χ2v) is 8.93. The van der Waals surface area contributed by atoms with Crippen molar-refractivity contribution in [3.8, 4) is 11.1 Å². The van der Waals surface area contributed by atoms with Crippen molar-refractivity contribution in [1.29, 1.82) is 0 Å². The molecule has 1 atom stereocenters. The molecule has 5 rings (SSSR count). The molecule has 3 aromatic heterocycles. The molecule has 2 aliphatic rings. The lowest BCUT2D eigenvalue weighted by Crippen LogP contribution is -2.34. The van der Waals surface area contributed by atoms with Gasteiger partial charge in [0.05, 0.1) is 31.5 Å². The summed E-state index contributed by atoms with van der Waals surface area (Å²) in [6, 6.07) is 6.56. The van der Waals surface area contributed by atoms with Crippen molar-refractivity contribution in [2.75, 3.05) is 32.2 Å². The summed E-state index contributed by atoms with van der Waals surface area (Å²) in [4.78, 5) is 8.96. The third-order valence-electron chi connectivity index (χ3n) is 6.52. The number of methoxy groups -OCH3 is 1. The Morgan fingerprint density at radius 3 is 2.72 bits per heavy atom. The number of ether oxygens (including phenoxy) is 3. The van der Waals surface area contributed by atoms with E-state index < -0.39 is 0 Å². The van der Waals surface area contributed by atoms with E-state index in [1.165, 1.54) is 5.69 Å². The molecule has 4 heterocycles. The van der Waals surface area contributed by atoms with Crippen molar-refractivity contribution in [3.63, 3.8) is 0 Å². The van der Waals surface area contributed by atoms with Gasteiger partial charge in [0.15, 0.2) is 5.79 Å². The molecule has 8 nitrogen and oxygen atoms in total. The van der Waals surface area contributed by atoms with Crippen LogP contribution in [0.2, 0.25) is 0 Å². The zero-order valence-corrected chi connectivity index (χ0v) is 19.0. The number of nitrogens with zero attached hydrogens (tertiary/aromatic N) is 4. The Morgan fingerprint density at radius 2 is 2.00 bits per heavy atom. The zero-order valence-electron chi connectivity index (χ0n) is 19.0. The van der Waals surface area contributed by atoms with E-state index in [0.29, 0.717) is 31.7 Å². The number of hydrogen-bond donors (Lipinski definition) is 1. The highest BCUT2D eigenvalue weighted by Crippen LogP contribution is 2.43. The van der Waals surface area contributed by atoms with Gasteiger partial charge in [-0.1, -0.05) is 0 Å². The van der Waals surface area contributed by atoms with Crippen molar-refractivity contribution < 1.29 is 14.2 Å². The molecule has 170 valence electrons. The first-order valence-electron chi connectivity index (χ1n) is 11.4. The van der Waals surface area contributed by atoms with Crippen LogP contribution >= 0.6 is 0 Å². The maximum absolute atomic E-state index is 5.94. The van der Waals surface area contributed by atoms with Gasteiger partial charge in [0.25, 0.3) is 0 Å². The zero-order chi connectivity index (χ0) is 22.1. The van der Waals surface area contributed by atoms with E-state index in [-0.39, 0.29) is 11.8 Å². The minimum absolute atomic E-state index is 0.116. The van der Waals surface area contributed by atoms with E-state index in [1.807, 2.05) is 19.3 Å². The summed E-state index contributed by atoms with van der Waals surface area (Å²) in [6.45, 7) is 6.06. The average Bonchev–Trinajstić information content (AvgIpc) is 3.39. The molecule has 1 saturated heterocycles. The molecule has 32 heavy (non-hydrogen) atoms. The van der Waals surface area contributed by atoms with Crippen LogP contribution in [0, 0.1) is 6.92 Å². The van der Waals surface area contributed by atoms with E-state index >= 15 is 0 Å². The number of hydrogen-bond acceptors (Lipinski definition) is 7. The van der Waals surface area contributed by atoms with E-state index in [1.54, 1.807) is 7.11 Å². The molecule has 1 saturated carbocycles. The normalized spacial score (nSPS) is 19.6. The highest BCUT2D eigenvalue weighted by atomic mass is 16.7. The second kappa shape index (κ2) is 8.77. The van der Waals surface area contributed by atoms with Crippen LogP contribution in [0.5, 0.6) is 0 Å². The van der Waals surface area contributed by atoms with Crippen LogP contribution in [0.15, 0.2) is 30.6 Å². The number of nitrogens with one attached hydrogen (secondary N) is 1. The quantitative estimate of drug-likeness (QED) is 0.625. The van der Waals surface area contributed by atoms with Crippen LogP contribution in [0.1, 0.15) is 49.9 Å². The Morgan fingerprint density at radius 1 is 1.22 bits per heavy atom. The summed E-state index contributed by atoms with van der Waals surface area (Å²) in [5, 5.41) is 8.24. The van der Waals surface area contributed by atoms with E-state index in [2.05, 4.69) is 44.9 Å². The fourth-order valence-corrected chi connectivity index (χ4v) is 4.97. The smallest absolute Gasteiger partial charge is 0.241 e. The number of rotatable bonds is 6. The second-order valence-electron chi connectivity index (χ2n) is 8.93. The predicted octanol–water partition coefficient (Wildman–Crippen LogP) is 3.95. The summed E-state index contributed by atoms with van der Waals surface area (Å²) >= 11 is 0. The molecule has 1 aliphatic carbocycles. The van der Waals surface area contributed by atoms with Crippen molar-refractivity contribution in [2.45, 2.75) is 57.3 Å². The van der Waals surface area contributed by atoms with E-state index in [9.17, 15) is 0 Å². The summed E-state index contributed by atoms with van der Waals surface area (Å²) in [5.74, 6) is 0.620. The van der Waals surface area contributed by atoms with Gasteiger partial charge in [-0.3, -0.25) is 4.98 Å². The first-order chi connectivity index (χ1) is 15.6. The topological polar surface area (TPSA) is 82.8 Å². The molecule has 0 aromatic carbocycles. The summed E-state index contributed by atoms with van der Waals surface area (Å²) < 4.78 is 19.2. The summed E-state index contributed by atoms with van der Waals surface area (Å²) in [7, 11) is 1.70. The molecule has 8 heteroatoms. The molecule has 0 amide bonds. The molecule has 1 aliphatic heterocycles. The summed E-state index contributed by atoms with van der Waals surface area (Å²) in [5.41, 5.74) is 5.47. The Hall–Kier alpha value is -2.55. The lowest BCUT2D eigenvalue weighted by molar-refractivity contribution is -0.179. The van der Waals surface area contributed by atoms with Gasteiger partial charge in [0.2, 0.25) is 5.95 Å². The number of pyridine rings is 1. The molecular formula is C24H31N5O3. The molecule has 0 bridgehead atoms. The monoisotopic (exact) mass is 437 g/mol. The van der Waals surface area contributed by atoms with Gasteiger partial charge in [-0.25, -0.2) is 9.50 Å². The Labute approximate surface area is 188 Å². The van der Waals surface area contributed by atoms with E-state index in [0.717, 1.165) is 48.0 Å². The van der Waals surface area contributed by atoms with Crippen LogP contribution in [0.25, 0.3) is 16.6 Å². The number of anilines is 1. The van der Waals surface area contributed by atoms with Crippen LogP contribution in [0.4, 0.5) is 5.95 Å². The molecule has 1 N–H and O–H groups in total. The van der Waals surface area contributed by atoms with Gasteiger partial charge in [-0.2, -0.15) is 0 Å².